The zero-order chi connectivity index (χ0) is 16.3. The van der Waals surface area contributed by atoms with E-state index >= 15 is 0 Å². The fourth-order valence-electron chi connectivity index (χ4n) is 2.35. The molecule has 1 atom stereocenters. The van der Waals surface area contributed by atoms with Crippen LogP contribution in [0.5, 0.6) is 17.2 Å². The minimum absolute atomic E-state index is 0.310. The summed E-state index contributed by atoms with van der Waals surface area (Å²) in [6.07, 6.45) is 0.503. The molecule has 1 aromatic carbocycles. The molecule has 0 aromatic heterocycles. The molecule has 1 unspecified atom stereocenters. The molecule has 2 rings (SSSR count). The third-order valence-electron chi connectivity index (χ3n) is 3.61. The van der Waals surface area contributed by atoms with Gasteiger partial charge in [0.05, 0.1) is 21.3 Å². The second-order valence-electron chi connectivity index (χ2n) is 4.69. The third-order valence-corrected chi connectivity index (χ3v) is 3.61. The molecule has 2 amide bonds. The van der Waals surface area contributed by atoms with E-state index < -0.39 is 11.9 Å². The second kappa shape index (κ2) is 6.52. The SMILES string of the molecule is COc1cc(C(=O)N2CCC2C(=O)NO)cc(OC)c1OC. The van der Waals surface area contributed by atoms with Gasteiger partial charge in [0, 0.05) is 12.1 Å². The van der Waals surface area contributed by atoms with E-state index in [2.05, 4.69) is 0 Å². The van der Waals surface area contributed by atoms with Gasteiger partial charge in [0.1, 0.15) is 6.04 Å². The van der Waals surface area contributed by atoms with Crippen LogP contribution in [0, 0.1) is 0 Å². The number of carbonyl (C=O) groups is 2. The monoisotopic (exact) mass is 310 g/mol. The Morgan fingerprint density at radius 3 is 2.14 bits per heavy atom. The predicted octanol–water partition coefficient (Wildman–Crippen LogP) is 0.432. The zero-order valence-corrected chi connectivity index (χ0v) is 12.6. The lowest BCUT2D eigenvalue weighted by molar-refractivity contribution is -0.137. The molecule has 1 aliphatic rings. The van der Waals surface area contributed by atoms with Crippen LogP contribution in [-0.2, 0) is 4.79 Å². The first kappa shape index (κ1) is 15.9. The fraction of sp³-hybridized carbons (Fsp3) is 0.429. The van der Waals surface area contributed by atoms with Gasteiger partial charge in [-0.1, -0.05) is 0 Å². The van der Waals surface area contributed by atoms with E-state index in [0.717, 1.165) is 0 Å². The highest BCUT2D eigenvalue weighted by molar-refractivity contribution is 5.99. The normalized spacial score (nSPS) is 16.5. The molecule has 1 aromatic rings. The van der Waals surface area contributed by atoms with E-state index in [0.29, 0.717) is 35.8 Å². The van der Waals surface area contributed by atoms with Crippen LogP contribution in [0.1, 0.15) is 16.8 Å². The Labute approximate surface area is 127 Å². The van der Waals surface area contributed by atoms with E-state index in [4.69, 9.17) is 19.4 Å². The molecule has 0 bridgehead atoms. The minimum Gasteiger partial charge on any atom is -0.493 e. The van der Waals surface area contributed by atoms with Gasteiger partial charge in [-0.05, 0) is 18.6 Å². The molecule has 1 fully saturated rings. The van der Waals surface area contributed by atoms with Crippen molar-refractivity contribution in [3.8, 4) is 17.2 Å². The molecular weight excluding hydrogens is 292 g/mol. The van der Waals surface area contributed by atoms with Crippen molar-refractivity contribution in [1.29, 1.82) is 0 Å². The molecule has 1 heterocycles. The summed E-state index contributed by atoms with van der Waals surface area (Å²) in [7, 11) is 4.38. The quantitative estimate of drug-likeness (QED) is 0.605. The molecule has 1 aliphatic heterocycles. The maximum Gasteiger partial charge on any atom is 0.266 e. The first-order chi connectivity index (χ1) is 10.6. The summed E-state index contributed by atoms with van der Waals surface area (Å²) in [5.41, 5.74) is 1.87. The van der Waals surface area contributed by atoms with Crippen LogP contribution in [0.3, 0.4) is 0 Å². The number of likely N-dealkylation sites (tertiary alicyclic amines) is 1. The summed E-state index contributed by atoms with van der Waals surface area (Å²) < 4.78 is 15.6. The van der Waals surface area contributed by atoms with Crippen LogP contribution in [0.4, 0.5) is 0 Å². The van der Waals surface area contributed by atoms with Gasteiger partial charge in [0.25, 0.3) is 11.8 Å². The number of amides is 2. The van der Waals surface area contributed by atoms with Gasteiger partial charge in [0.15, 0.2) is 11.5 Å². The third kappa shape index (κ3) is 2.64. The molecule has 0 saturated carbocycles. The van der Waals surface area contributed by atoms with Gasteiger partial charge >= 0.3 is 0 Å². The van der Waals surface area contributed by atoms with Crippen LogP contribution in [0.2, 0.25) is 0 Å². The smallest absolute Gasteiger partial charge is 0.266 e. The van der Waals surface area contributed by atoms with Gasteiger partial charge in [0.2, 0.25) is 5.75 Å². The minimum atomic E-state index is -0.670. The molecule has 120 valence electrons. The number of carbonyl (C=O) groups excluding carboxylic acids is 2. The number of hydroxylamine groups is 1. The van der Waals surface area contributed by atoms with Crippen LogP contribution >= 0.6 is 0 Å². The van der Waals surface area contributed by atoms with Crippen LogP contribution in [-0.4, -0.2) is 55.8 Å². The summed E-state index contributed by atoms with van der Waals surface area (Å²) in [5.74, 6) is 0.142. The van der Waals surface area contributed by atoms with Crippen molar-refractivity contribution in [3.05, 3.63) is 17.7 Å². The average Bonchev–Trinajstić information content (AvgIpc) is 2.51. The lowest BCUT2D eigenvalue weighted by Gasteiger charge is -2.39. The summed E-state index contributed by atoms with van der Waals surface area (Å²) in [6, 6.07) is 2.38. The number of hydrogen-bond acceptors (Lipinski definition) is 6. The predicted molar refractivity (Wildman–Crippen MR) is 75.5 cm³/mol. The molecule has 22 heavy (non-hydrogen) atoms. The van der Waals surface area contributed by atoms with Gasteiger partial charge in [-0.3, -0.25) is 14.8 Å². The van der Waals surface area contributed by atoms with Crippen molar-refractivity contribution in [3.63, 3.8) is 0 Å². The molecule has 0 aliphatic carbocycles. The molecular formula is C14H18N2O6. The second-order valence-corrected chi connectivity index (χ2v) is 4.69. The Kier molecular flexibility index (Phi) is 4.71. The van der Waals surface area contributed by atoms with Crippen LogP contribution in [0.15, 0.2) is 12.1 Å². The number of nitrogens with zero attached hydrogens (tertiary/aromatic N) is 1. The molecule has 0 radical (unpaired) electrons. The molecule has 1 saturated heterocycles. The Morgan fingerprint density at radius 2 is 1.77 bits per heavy atom. The van der Waals surface area contributed by atoms with Gasteiger partial charge in [-0.2, -0.15) is 0 Å². The highest BCUT2D eigenvalue weighted by Crippen LogP contribution is 2.39. The number of rotatable bonds is 5. The summed E-state index contributed by atoms with van der Waals surface area (Å²) >= 11 is 0. The number of benzene rings is 1. The van der Waals surface area contributed by atoms with Crippen molar-refractivity contribution in [2.24, 2.45) is 0 Å². The average molecular weight is 310 g/mol. The Bertz CT molecular complexity index is 564. The van der Waals surface area contributed by atoms with Crippen LogP contribution in [0.25, 0.3) is 0 Å². The highest BCUT2D eigenvalue weighted by Gasteiger charge is 2.38. The van der Waals surface area contributed by atoms with E-state index in [-0.39, 0.29) is 5.91 Å². The summed E-state index contributed by atoms with van der Waals surface area (Å²) in [6.45, 7) is 0.438. The van der Waals surface area contributed by atoms with E-state index in [1.807, 2.05) is 0 Å². The van der Waals surface area contributed by atoms with Gasteiger partial charge < -0.3 is 19.1 Å². The Morgan fingerprint density at radius 1 is 1.18 bits per heavy atom. The first-order valence-corrected chi connectivity index (χ1v) is 6.62. The first-order valence-electron chi connectivity index (χ1n) is 6.62. The van der Waals surface area contributed by atoms with Crippen molar-refractivity contribution < 1.29 is 29.0 Å². The Hall–Kier alpha value is -2.48. The number of nitrogens with one attached hydrogen (secondary N) is 1. The topological polar surface area (TPSA) is 97.3 Å². The highest BCUT2D eigenvalue weighted by atomic mass is 16.5. The van der Waals surface area contributed by atoms with E-state index in [1.165, 1.54) is 38.4 Å². The molecule has 8 heteroatoms. The summed E-state index contributed by atoms with van der Waals surface area (Å²) in [4.78, 5) is 25.3. The van der Waals surface area contributed by atoms with E-state index in [9.17, 15) is 9.59 Å². The molecule has 2 N–H and O–H groups in total. The lowest BCUT2D eigenvalue weighted by Crippen LogP contribution is -2.57. The van der Waals surface area contributed by atoms with Crippen molar-refractivity contribution in [1.82, 2.24) is 10.4 Å². The molecule has 0 spiro atoms. The lowest BCUT2D eigenvalue weighted by atomic mass is 10.00. The molecule has 8 nitrogen and oxygen atoms in total. The standard InChI is InChI=1S/C14H18N2O6/c1-20-10-6-8(7-11(21-2)12(10)22-3)14(18)16-5-4-9(16)13(17)15-19/h6-7,9,19H,4-5H2,1-3H3,(H,15,17). The van der Waals surface area contributed by atoms with Crippen molar-refractivity contribution in [2.45, 2.75) is 12.5 Å². The largest absolute Gasteiger partial charge is 0.493 e. The van der Waals surface area contributed by atoms with Gasteiger partial charge in [-0.25, -0.2) is 5.48 Å². The fourth-order valence-corrected chi connectivity index (χ4v) is 2.35. The maximum atomic E-state index is 12.5. The van der Waals surface area contributed by atoms with E-state index in [1.54, 1.807) is 5.48 Å². The number of ether oxygens (including phenoxy) is 3. The van der Waals surface area contributed by atoms with Gasteiger partial charge in [-0.15, -0.1) is 0 Å². The van der Waals surface area contributed by atoms with Crippen LogP contribution < -0.4 is 19.7 Å². The Balaban J connectivity index is 2.32. The van der Waals surface area contributed by atoms with Crippen molar-refractivity contribution >= 4 is 11.8 Å². The summed E-state index contributed by atoms with van der Waals surface area (Å²) in [5, 5.41) is 8.68. The maximum absolute atomic E-state index is 12.5. The zero-order valence-electron chi connectivity index (χ0n) is 12.6. The van der Waals surface area contributed by atoms with Crippen molar-refractivity contribution in [2.75, 3.05) is 27.9 Å². The number of hydrogen-bond donors (Lipinski definition) is 2. The number of methoxy groups -OCH3 is 3.